The molecule has 0 aliphatic rings. The normalized spacial score (nSPS) is 11.4. The molecule has 1 heterocycles. The maximum absolute atomic E-state index is 12.3. The Bertz CT molecular complexity index is 985. The molecule has 0 aliphatic heterocycles. The largest absolute Gasteiger partial charge is 0.450 e. The van der Waals surface area contributed by atoms with Crippen molar-refractivity contribution in [3.8, 4) is 0 Å². The standard InChI is InChI=1S/C21H18N2O6/c24-19(14-28-21(25)18-11-12-20(29-18)23(26)27)22-17(16-9-5-2-6-10-16)13-15-7-3-1-4-8-15/h1-12,17H,13-14H2,(H,22,24)/t17-/m1/s1. The van der Waals surface area contributed by atoms with Crippen molar-refractivity contribution >= 4 is 17.8 Å². The van der Waals surface area contributed by atoms with E-state index < -0.39 is 29.3 Å². The van der Waals surface area contributed by atoms with E-state index in [2.05, 4.69) is 5.32 Å². The SMILES string of the molecule is O=C(COC(=O)c1ccc([N+](=O)[O-])o1)N[C@H](Cc1ccccc1)c1ccccc1. The van der Waals surface area contributed by atoms with Crippen LogP contribution >= 0.6 is 0 Å². The third-order valence-corrected chi connectivity index (χ3v) is 4.13. The molecule has 0 bridgehead atoms. The average Bonchev–Trinajstić information content (AvgIpc) is 3.24. The number of ether oxygens (including phenoxy) is 1. The van der Waals surface area contributed by atoms with Gasteiger partial charge < -0.3 is 14.5 Å². The van der Waals surface area contributed by atoms with Crippen LogP contribution in [-0.4, -0.2) is 23.4 Å². The summed E-state index contributed by atoms with van der Waals surface area (Å²) in [7, 11) is 0. The van der Waals surface area contributed by atoms with E-state index in [1.165, 1.54) is 0 Å². The highest BCUT2D eigenvalue weighted by atomic mass is 16.7. The molecule has 0 saturated carbocycles. The van der Waals surface area contributed by atoms with Crippen LogP contribution in [0.25, 0.3) is 0 Å². The van der Waals surface area contributed by atoms with Crippen molar-refractivity contribution in [2.24, 2.45) is 0 Å². The molecule has 0 radical (unpaired) electrons. The van der Waals surface area contributed by atoms with E-state index in [0.717, 1.165) is 23.3 Å². The van der Waals surface area contributed by atoms with Crippen LogP contribution in [0.3, 0.4) is 0 Å². The van der Waals surface area contributed by atoms with Crippen molar-refractivity contribution in [3.63, 3.8) is 0 Å². The predicted molar refractivity (Wildman–Crippen MR) is 103 cm³/mol. The van der Waals surface area contributed by atoms with E-state index in [-0.39, 0.29) is 11.8 Å². The minimum atomic E-state index is -0.951. The number of furan rings is 1. The number of hydrogen-bond donors (Lipinski definition) is 1. The number of amides is 1. The zero-order valence-corrected chi connectivity index (χ0v) is 15.3. The van der Waals surface area contributed by atoms with Crippen molar-refractivity contribution in [2.45, 2.75) is 12.5 Å². The van der Waals surface area contributed by atoms with Gasteiger partial charge in [0.05, 0.1) is 12.1 Å². The first-order valence-electron chi connectivity index (χ1n) is 8.82. The van der Waals surface area contributed by atoms with E-state index >= 15 is 0 Å². The van der Waals surface area contributed by atoms with Crippen LogP contribution in [0.2, 0.25) is 0 Å². The van der Waals surface area contributed by atoms with E-state index in [1.54, 1.807) is 0 Å². The number of rotatable bonds is 8. The van der Waals surface area contributed by atoms with Crippen LogP contribution in [0, 0.1) is 10.1 Å². The second-order valence-corrected chi connectivity index (χ2v) is 6.19. The summed E-state index contributed by atoms with van der Waals surface area (Å²) in [6.45, 7) is -0.536. The fourth-order valence-corrected chi connectivity index (χ4v) is 2.76. The number of nitrogens with zero attached hydrogens (tertiary/aromatic N) is 1. The maximum Gasteiger partial charge on any atom is 0.433 e. The van der Waals surface area contributed by atoms with E-state index in [4.69, 9.17) is 9.15 Å². The molecule has 0 unspecified atom stereocenters. The third-order valence-electron chi connectivity index (χ3n) is 4.13. The third kappa shape index (κ3) is 5.52. The first-order valence-corrected chi connectivity index (χ1v) is 8.82. The summed E-state index contributed by atoms with van der Waals surface area (Å²) in [4.78, 5) is 34.1. The Hall–Kier alpha value is -3.94. The smallest absolute Gasteiger partial charge is 0.433 e. The summed E-state index contributed by atoms with van der Waals surface area (Å²) in [5.41, 5.74) is 1.96. The van der Waals surface area contributed by atoms with Crippen molar-refractivity contribution in [1.82, 2.24) is 5.32 Å². The topological polar surface area (TPSA) is 112 Å². The molecular weight excluding hydrogens is 376 g/mol. The Labute approximate surface area is 166 Å². The molecule has 0 aliphatic carbocycles. The van der Waals surface area contributed by atoms with Gasteiger partial charge in [0, 0.05) is 0 Å². The van der Waals surface area contributed by atoms with Crippen LogP contribution in [0.4, 0.5) is 5.88 Å². The highest BCUT2D eigenvalue weighted by Gasteiger charge is 2.20. The van der Waals surface area contributed by atoms with Crippen molar-refractivity contribution < 1.29 is 23.7 Å². The molecule has 3 aromatic rings. The number of carbonyl (C=O) groups is 2. The molecule has 8 nitrogen and oxygen atoms in total. The van der Waals surface area contributed by atoms with Crippen LogP contribution in [0.15, 0.2) is 77.2 Å². The molecule has 2 aromatic carbocycles. The first-order chi connectivity index (χ1) is 14.0. The number of nitrogens with one attached hydrogen (secondary N) is 1. The van der Waals surface area contributed by atoms with Crippen LogP contribution in [0.1, 0.15) is 27.7 Å². The molecule has 1 atom stereocenters. The molecule has 29 heavy (non-hydrogen) atoms. The molecule has 8 heteroatoms. The van der Waals surface area contributed by atoms with Gasteiger partial charge in [-0.25, -0.2) is 4.79 Å². The highest BCUT2D eigenvalue weighted by Crippen LogP contribution is 2.19. The van der Waals surface area contributed by atoms with Gasteiger partial charge in [-0.2, -0.15) is 0 Å². The quantitative estimate of drug-likeness (QED) is 0.356. The lowest BCUT2D eigenvalue weighted by atomic mass is 9.99. The van der Waals surface area contributed by atoms with Gasteiger partial charge in [0.1, 0.15) is 4.92 Å². The number of carbonyl (C=O) groups excluding carboxylic acids is 2. The molecular formula is C21H18N2O6. The summed E-state index contributed by atoms with van der Waals surface area (Å²) in [5.74, 6) is -2.36. The van der Waals surface area contributed by atoms with Gasteiger partial charge in [-0.1, -0.05) is 60.7 Å². The number of hydrogen-bond acceptors (Lipinski definition) is 6. The van der Waals surface area contributed by atoms with E-state index in [1.807, 2.05) is 60.7 Å². The average molecular weight is 394 g/mol. The van der Waals surface area contributed by atoms with E-state index in [9.17, 15) is 19.7 Å². The fraction of sp³-hybridized carbons (Fsp3) is 0.143. The number of nitro groups is 1. The lowest BCUT2D eigenvalue weighted by Crippen LogP contribution is -2.33. The number of esters is 1. The van der Waals surface area contributed by atoms with Gasteiger partial charge >= 0.3 is 11.9 Å². The van der Waals surface area contributed by atoms with Crippen LogP contribution in [-0.2, 0) is 16.0 Å². The molecule has 1 aromatic heterocycles. The second-order valence-electron chi connectivity index (χ2n) is 6.19. The molecule has 0 fully saturated rings. The predicted octanol–water partition coefficient (Wildman–Crippen LogP) is 3.44. The molecule has 1 amide bonds. The summed E-state index contributed by atoms with van der Waals surface area (Å²) in [5, 5.41) is 13.5. The minimum absolute atomic E-state index is 0.311. The van der Waals surface area contributed by atoms with Crippen LogP contribution in [0.5, 0.6) is 0 Å². The monoisotopic (exact) mass is 394 g/mol. The van der Waals surface area contributed by atoms with Crippen molar-refractivity contribution in [2.75, 3.05) is 6.61 Å². The summed E-state index contributed by atoms with van der Waals surface area (Å²) >= 11 is 0. The molecule has 3 rings (SSSR count). The van der Waals surface area contributed by atoms with Gasteiger partial charge in [0.15, 0.2) is 6.61 Å². The molecule has 0 spiro atoms. The summed E-state index contributed by atoms with van der Waals surface area (Å²) in [6.07, 6.45) is 0.564. The maximum atomic E-state index is 12.3. The van der Waals surface area contributed by atoms with E-state index in [0.29, 0.717) is 6.42 Å². The Morgan fingerprint density at radius 3 is 2.28 bits per heavy atom. The molecule has 1 N–H and O–H groups in total. The van der Waals surface area contributed by atoms with Gasteiger partial charge in [0.2, 0.25) is 5.76 Å². The minimum Gasteiger partial charge on any atom is -0.450 e. The first kappa shape index (κ1) is 19.8. The Morgan fingerprint density at radius 2 is 1.66 bits per heavy atom. The zero-order valence-electron chi connectivity index (χ0n) is 15.3. The lowest BCUT2D eigenvalue weighted by molar-refractivity contribution is -0.402. The summed E-state index contributed by atoms with van der Waals surface area (Å²) < 4.78 is 9.67. The molecule has 148 valence electrons. The van der Waals surface area contributed by atoms with Gasteiger partial charge in [0.25, 0.3) is 5.91 Å². The zero-order chi connectivity index (χ0) is 20.6. The Balaban J connectivity index is 1.62. The summed E-state index contributed by atoms with van der Waals surface area (Å²) in [6, 6.07) is 21.0. The van der Waals surface area contributed by atoms with Crippen molar-refractivity contribution in [1.29, 1.82) is 0 Å². The lowest BCUT2D eigenvalue weighted by Gasteiger charge is -2.19. The fourth-order valence-electron chi connectivity index (χ4n) is 2.76. The molecule has 0 saturated heterocycles. The Kier molecular flexibility index (Phi) is 6.36. The van der Waals surface area contributed by atoms with Crippen LogP contribution < -0.4 is 5.32 Å². The van der Waals surface area contributed by atoms with Crippen molar-refractivity contribution in [3.05, 3.63) is 99.8 Å². The van der Waals surface area contributed by atoms with Gasteiger partial charge in [-0.3, -0.25) is 14.9 Å². The van der Waals surface area contributed by atoms with Gasteiger partial charge in [-0.05, 0) is 23.6 Å². The second kappa shape index (κ2) is 9.32. The number of benzene rings is 2. The highest BCUT2D eigenvalue weighted by molar-refractivity contribution is 5.89. The van der Waals surface area contributed by atoms with Gasteiger partial charge in [-0.15, -0.1) is 0 Å². The Morgan fingerprint density at radius 1 is 1.00 bits per heavy atom.